The molecule has 0 amide bonds. The smallest absolute Gasteiger partial charge is 0.308 e. The maximum absolute atomic E-state index is 12.5. The van der Waals surface area contributed by atoms with Crippen LogP contribution in [0.3, 0.4) is 0 Å². The van der Waals surface area contributed by atoms with Crippen LogP contribution >= 0.6 is 0 Å². The third kappa shape index (κ3) is 8.63. The molecule has 1 fully saturated rings. The molecule has 0 aromatic heterocycles. The number of aliphatic hydroxyl groups excluding tert-OH is 1. The Hall–Kier alpha value is -4.80. The van der Waals surface area contributed by atoms with E-state index in [-0.39, 0.29) is 28.0 Å². The van der Waals surface area contributed by atoms with Crippen LogP contribution in [0.5, 0.6) is 17.2 Å². The van der Waals surface area contributed by atoms with E-state index in [1.807, 2.05) is 0 Å². The lowest BCUT2D eigenvalue weighted by Crippen LogP contribution is -2.63. The maximum atomic E-state index is 12.5. The van der Waals surface area contributed by atoms with Gasteiger partial charge < -0.3 is 47.7 Å². The van der Waals surface area contributed by atoms with Gasteiger partial charge in [-0.1, -0.05) is 0 Å². The summed E-state index contributed by atoms with van der Waals surface area (Å²) in [6.45, 7) is 9.58. The van der Waals surface area contributed by atoms with Gasteiger partial charge in [-0.05, 0) is 36.9 Å². The van der Waals surface area contributed by atoms with Gasteiger partial charge in [0, 0.05) is 53.2 Å². The van der Waals surface area contributed by atoms with Gasteiger partial charge in [0.25, 0.3) is 0 Å². The molecular weight excluding hydrogens is 652 g/mol. The van der Waals surface area contributed by atoms with Crippen LogP contribution in [-0.4, -0.2) is 84.3 Å². The highest BCUT2D eigenvalue weighted by molar-refractivity contribution is 5.99. The number of carbonyl (C=O) groups excluding carboxylic acids is 6. The average Bonchev–Trinajstić information content (AvgIpc) is 2.96. The summed E-state index contributed by atoms with van der Waals surface area (Å²) in [5, 5.41) is 11.5. The molecule has 266 valence electrons. The van der Waals surface area contributed by atoms with Gasteiger partial charge in [0.05, 0.1) is 17.6 Å². The predicted octanol–water partition coefficient (Wildman–Crippen LogP) is 2.67. The van der Waals surface area contributed by atoms with Crippen LogP contribution < -0.4 is 14.2 Å². The molecule has 2 aliphatic rings. The predicted molar refractivity (Wildman–Crippen MR) is 163 cm³/mol. The minimum Gasteiger partial charge on any atom is -0.463 e. The second kappa shape index (κ2) is 15.2. The molecule has 1 N–H and O–H groups in total. The number of rotatable bonds is 9. The summed E-state index contributed by atoms with van der Waals surface area (Å²) in [6.07, 6.45) is -10.1. The van der Waals surface area contributed by atoms with E-state index in [2.05, 4.69) is 0 Å². The Bertz CT molecular complexity index is 1650. The number of fused-ring (bicyclic) bond motifs is 2. The fourth-order valence-electron chi connectivity index (χ4n) is 5.84. The number of carbonyl (C=O) groups is 6. The molecule has 16 nitrogen and oxygen atoms in total. The minimum atomic E-state index is -1.68. The standard InChI is InChI=1S/C33H38O16/c1-13-26-23(28(40)14(2)42-13)10-21-9-22(43-16(4)35)11-24(27(21)30(26)45-18(6)37)48-33-32(47-20(8)39)31(46-19(7)38)29(44-17(5)36)25(49-33)12-41-15(3)34/h9-11,13-14,25,28-29,31-33,40H,12H2,1-8H3/t13?,14-,25-,28?,29-,31+,32-,33-/m1/s1. The van der Waals surface area contributed by atoms with E-state index in [0.29, 0.717) is 11.1 Å². The fourth-order valence-corrected chi connectivity index (χ4v) is 5.84. The number of aliphatic hydroxyl groups is 1. The van der Waals surface area contributed by atoms with E-state index in [1.165, 1.54) is 26.0 Å². The Kier molecular flexibility index (Phi) is 11.5. The second-order valence-electron chi connectivity index (χ2n) is 11.5. The van der Waals surface area contributed by atoms with Crippen LogP contribution in [0.15, 0.2) is 18.2 Å². The van der Waals surface area contributed by atoms with Crippen LogP contribution in [0.4, 0.5) is 0 Å². The lowest BCUT2D eigenvalue weighted by molar-refractivity contribution is -0.288. The Morgan fingerprint density at radius 2 is 1.31 bits per heavy atom. The van der Waals surface area contributed by atoms with Crippen LogP contribution in [0, 0.1) is 0 Å². The lowest BCUT2D eigenvalue weighted by atomic mass is 9.88. The van der Waals surface area contributed by atoms with Crippen molar-refractivity contribution in [1.29, 1.82) is 0 Å². The molecule has 0 bridgehead atoms. The molecule has 2 heterocycles. The van der Waals surface area contributed by atoms with Gasteiger partial charge in [0.1, 0.15) is 36.1 Å². The zero-order valence-electron chi connectivity index (χ0n) is 28.1. The van der Waals surface area contributed by atoms with Crippen molar-refractivity contribution in [3.05, 3.63) is 29.3 Å². The normalized spacial score (nSPS) is 26.1. The summed E-state index contributed by atoms with van der Waals surface area (Å²) in [6, 6.07) is 4.34. The molecule has 0 aliphatic carbocycles. The first-order valence-electron chi connectivity index (χ1n) is 15.3. The SMILES string of the molecule is CC(=O)OC[C@H]1O[C@@H](Oc2cc(OC(C)=O)cc3cc4c(c(OC(C)=O)c23)C(C)O[C@H](C)C4O)[C@H](OC(C)=O)[C@@H](OC(C)=O)[C@@H]1OC(C)=O. The van der Waals surface area contributed by atoms with Crippen molar-refractivity contribution >= 4 is 46.6 Å². The molecule has 4 rings (SSSR count). The molecule has 0 radical (unpaired) electrons. The summed E-state index contributed by atoms with van der Waals surface area (Å²) in [7, 11) is 0. The maximum Gasteiger partial charge on any atom is 0.308 e. The largest absolute Gasteiger partial charge is 0.463 e. The van der Waals surface area contributed by atoms with Crippen molar-refractivity contribution in [2.24, 2.45) is 0 Å². The number of ether oxygens (including phenoxy) is 9. The third-order valence-electron chi connectivity index (χ3n) is 7.49. The molecule has 0 spiro atoms. The van der Waals surface area contributed by atoms with Crippen molar-refractivity contribution in [1.82, 2.24) is 0 Å². The van der Waals surface area contributed by atoms with Gasteiger partial charge in [-0.2, -0.15) is 0 Å². The number of hydrogen-bond acceptors (Lipinski definition) is 16. The molecule has 2 aliphatic heterocycles. The number of esters is 6. The van der Waals surface area contributed by atoms with Gasteiger partial charge in [0.2, 0.25) is 12.4 Å². The molecule has 0 saturated carbocycles. The minimum absolute atomic E-state index is 0.0306. The lowest BCUT2D eigenvalue weighted by Gasteiger charge is -2.44. The van der Waals surface area contributed by atoms with E-state index in [1.54, 1.807) is 19.9 Å². The zero-order chi connectivity index (χ0) is 36.3. The van der Waals surface area contributed by atoms with Crippen LogP contribution in [0.25, 0.3) is 10.8 Å². The topological polar surface area (TPSA) is 206 Å². The molecule has 1 saturated heterocycles. The molecule has 2 aromatic rings. The Balaban J connectivity index is 1.98. The Labute approximate surface area is 280 Å². The first-order valence-corrected chi connectivity index (χ1v) is 15.3. The third-order valence-corrected chi connectivity index (χ3v) is 7.49. The molecule has 8 atom stereocenters. The summed E-state index contributed by atoms with van der Waals surface area (Å²) >= 11 is 0. The van der Waals surface area contributed by atoms with Crippen LogP contribution in [-0.2, 0) is 57.2 Å². The van der Waals surface area contributed by atoms with E-state index >= 15 is 0 Å². The van der Waals surface area contributed by atoms with Gasteiger partial charge in [-0.3, -0.25) is 28.8 Å². The van der Waals surface area contributed by atoms with Gasteiger partial charge >= 0.3 is 35.8 Å². The van der Waals surface area contributed by atoms with Gasteiger partial charge in [-0.25, -0.2) is 0 Å². The fraction of sp³-hybridized carbons (Fsp3) is 0.515. The Morgan fingerprint density at radius 1 is 0.714 bits per heavy atom. The molecule has 16 heteroatoms. The highest BCUT2D eigenvalue weighted by Gasteiger charge is 2.53. The molecule has 49 heavy (non-hydrogen) atoms. The van der Waals surface area contributed by atoms with Gasteiger partial charge in [-0.15, -0.1) is 0 Å². The Morgan fingerprint density at radius 3 is 1.88 bits per heavy atom. The summed E-state index contributed by atoms with van der Waals surface area (Å²) in [4.78, 5) is 73.1. The van der Waals surface area contributed by atoms with Crippen molar-refractivity contribution in [3.63, 3.8) is 0 Å². The van der Waals surface area contributed by atoms with Crippen molar-refractivity contribution in [2.75, 3.05) is 6.61 Å². The first-order chi connectivity index (χ1) is 23.0. The van der Waals surface area contributed by atoms with Crippen LogP contribution in [0.2, 0.25) is 0 Å². The monoisotopic (exact) mass is 690 g/mol. The van der Waals surface area contributed by atoms with Crippen molar-refractivity contribution in [3.8, 4) is 17.2 Å². The summed E-state index contributed by atoms with van der Waals surface area (Å²) in [5.41, 5.74) is 0.716. The highest BCUT2D eigenvalue weighted by Crippen LogP contribution is 2.49. The van der Waals surface area contributed by atoms with Crippen molar-refractivity contribution < 1.29 is 76.5 Å². The molecule has 2 unspecified atom stereocenters. The first kappa shape index (κ1) is 37.0. The van der Waals surface area contributed by atoms with Gasteiger partial charge in [0.15, 0.2) is 12.2 Å². The average molecular weight is 691 g/mol. The highest BCUT2D eigenvalue weighted by atomic mass is 16.7. The zero-order valence-corrected chi connectivity index (χ0v) is 28.1. The van der Waals surface area contributed by atoms with Crippen molar-refractivity contribution in [2.45, 2.75) is 104 Å². The van der Waals surface area contributed by atoms with E-state index in [9.17, 15) is 33.9 Å². The quantitative estimate of drug-likeness (QED) is 0.228. The van der Waals surface area contributed by atoms with E-state index in [4.69, 9.17) is 42.6 Å². The number of benzene rings is 2. The van der Waals surface area contributed by atoms with Crippen LogP contribution in [0.1, 0.15) is 78.7 Å². The molecule has 2 aromatic carbocycles. The van der Waals surface area contributed by atoms with E-state index in [0.717, 1.165) is 27.7 Å². The second-order valence-corrected chi connectivity index (χ2v) is 11.5. The number of hydrogen-bond donors (Lipinski definition) is 1. The molecular formula is C33H38O16. The van der Waals surface area contributed by atoms with E-state index < -0.39 is 91.4 Å². The summed E-state index contributed by atoms with van der Waals surface area (Å²) in [5.74, 6) is -4.87. The summed E-state index contributed by atoms with van der Waals surface area (Å²) < 4.78 is 51.0.